The maximum absolute atomic E-state index is 12.1. The molecule has 2 rings (SSSR count). The third-order valence-electron chi connectivity index (χ3n) is 4.66. The van der Waals surface area contributed by atoms with Crippen LogP contribution in [0.3, 0.4) is 0 Å². The van der Waals surface area contributed by atoms with E-state index >= 15 is 0 Å². The van der Waals surface area contributed by atoms with Crippen LogP contribution < -0.4 is 10.5 Å². The second-order valence-electron chi connectivity index (χ2n) is 6.71. The molecule has 0 bridgehead atoms. The third-order valence-corrected chi connectivity index (χ3v) is 4.66. The van der Waals surface area contributed by atoms with Crippen LogP contribution >= 0.6 is 0 Å². The van der Waals surface area contributed by atoms with Gasteiger partial charge in [0.1, 0.15) is 0 Å². The van der Waals surface area contributed by atoms with Gasteiger partial charge in [0.05, 0.1) is 29.8 Å². The summed E-state index contributed by atoms with van der Waals surface area (Å²) in [6.45, 7) is 9.71. The molecule has 2 heterocycles. The monoisotopic (exact) mass is 367 g/mol. The molecule has 0 spiro atoms. The number of aromatic nitrogens is 2. The predicted molar refractivity (Wildman–Crippen MR) is 110 cm³/mol. The van der Waals surface area contributed by atoms with Gasteiger partial charge in [0.25, 0.3) is 0 Å². The first-order valence-corrected chi connectivity index (χ1v) is 9.36. The Balaban J connectivity index is 2.80. The van der Waals surface area contributed by atoms with Crippen molar-refractivity contribution in [2.24, 2.45) is 5.73 Å². The molecule has 144 valence electrons. The van der Waals surface area contributed by atoms with Crippen molar-refractivity contribution in [1.29, 1.82) is 0 Å². The van der Waals surface area contributed by atoms with Gasteiger partial charge in [-0.1, -0.05) is 26.3 Å². The molecular weight excluding hydrogens is 338 g/mol. The van der Waals surface area contributed by atoms with Gasteiger partial charge in [0.15, 0.2) is 5.78 Å². The smallest absolute Gasteiger partial charge is 0.224 e. The van der Waals surface area contributed by atoms with E-state index in [4.69, 9.17) is 15.5 Å². The summed E-state index contributed by atoms with van der Waals surface area (Å²) in [6.07, 6.45) is 4.27. The van der Waals surface area contributed by atoms with Gasteiger partial charge in [0, 0.05) is 5.56 Å². The lowest BCUT2D eigenvalue weighted by atomic mass is 9.96. The molecule has 0 aliphatic rings. The highest BCUT2D eigenvalue weighted by Gasteiger charge is 2.19. The zero-order valence-electron chi connectivity index (χ0n) is 17.1. The summed E-state index contributed by atoms with van der Waals surface area (Å²) in [5.74, 6) is 0.281. The first kappa shape index (κ1) is 20.6. The molecule has 2 N–H and O–H groups in total. The van der Waals surface area contributed by atoms with Crippen LogP contribution in [-0.2, 0) is 12.8 Å². The molecule has 0 unspecified atom stereocenters. The molecule has 0 saturated carbocycles. The Labute approximate surface area is 161 Å². The molecule has 0 atom stereocenters. The number of ether oxygens (including phenoxy) is 1. The minimum Gasteiger partial charge on any atom is -0.480 e. The number of hydrogen-bond acceptors (Lipinski definition) is 5. The normalized spacial score (nSPS) is 11.6. The van der Waals surface area contributed by atoms with E-state index in [0.717, 1.165) is 46.6 Å². The van der Waals surface area contributed by atoms with Crippen molar-refractivity contribution in [2.45, 2.75) is 53.9 Å². The lowest BCUT2D eigenvalue weighted by Crippen LogP contribution is -2.07. The fraction of sp³-hybridized carbons (Fsp3) is 0.409. The van der Waals surface area contributed by atoms with E-state index in [2.05, 4.69) is 18.0 Å². The Morgan fingerprint density at radius 2 is 1.93 bits per heavy atom. The maximum Gasteiger partial charge on any atom is 0.224 e. The zero-order valence-corrected chi connectivity index (χ0v) is 17.1. The fourth-order valence-electron chi connectivity index (χ4n) is 3.24. The van der Waals surface area contributed by atoms with Crippen LogP contribution in [0.25, 0.3) is 16.8 Å². The molecule has 0 aliphatic carbocycles. The standard InChI is InChI=1S/C22H29N3O2/c1-7-9-16-10-13(3)21(25-20(16)14(4)12-23)18-11-17(15(5)26)22(27-6)24-19(18)8-2/h10-12H,7-9,23H2,1-6H3/b14-12-. The van der Waals surface area contributed by atoms with Gasteiger partial charge in [0.2, 0.25) is 5.88 Å². The summed E-state index contributed by atoms with van der Waals surface area (Å²) in [7, 11) is 1.53. The number of Topliss-reactive ketones (excluding diaryl/α,β-unsaturated/α-hetero) is 1. The molecule has 27 heavy (non-hydrogen) atoms. The van der Waals surface area contributed by atoms with Crippen LogP contribution in [0.5, 0.6) is 5.88 Å². The average Bonchev–Trinajstić information content (AvgIpc) is 2.66. The Morgan fingerprint density at radius 1 is 1.22 bits per heavy atom. The first-order chi connectivity index (χ1) is 12.9. The van der Waals surface area contributed by atoms with Crippen LogP contribution in [0.2, 0.25) is 0 Å². The van der Waals surface area contributed by atoms with Gasteiger partial charge in [-0.15, -0.1) is 0 Å². The highest BCUT2D eigenvalue weighted by molar-refractivity contribution is 5.97. The second kappa shape index (κ2) is 8.80. The Bertz CT molecular complexity index is 886. The minimum atomic E-state index is -0.0817. The summed E-state index contributed by atoms with van der Waals surface area (Å²) >= 11 is 0. The molecule has 5 heteroatoms. The van der Waals surface area contributed by atoms with Crippen LogP contribution in [0, 0.1) is 6.92 Å². The second-order valence-corrected chi connectivity index (χ2v) is 6.71. The number of carbonyl (C=O) groups is 1. The highest BCUT2D eigenvalue weighted by Crippen LogP contribution is 2.32. The van der Waals surface area contributed by atoms with Gasteiger partial charge < -0.3 is 10.5 Å². The predicted octanol–water partition coefficient (Wildman–Crippen LogP) is 4.50. The maximum atomic E-state index is 12.1. The number of ketones is 1. The molecule has 0 saturated heterocycles. The van der Waals surface area contributed by atoms with E-state index in [1.807, 2.05) is 26.8 Å². The molecular formula is C22H29N3O2. The average molecular weight is 367 g/mol. The topological polar surface area (TPSA) is 78.1 Å². The number of allylic oxidation sites excluding steroid dienone is 1. The molecule has 0 aromatic carbocycles. The Morgan fingerprint density at radius 3 is 2.44 bits per heavy atom. The SMILES string of the molecule is CCCc1cc(C)c(-c2cc(C(C)=O)c(OC)nc2CC)nc1/C(C)=C\N. The number of rotatable bonds is 7. The first-order valence-electron chi connectivity index (χ1n) is 9.36. The van der Waals surface area contributed by atoms with Crippen molar-refractivity contribution < 1.29 is 9.53 Å². The number of methoxy groups -OCH3 is 1. The summed E-state index contributed by atoms with van der Waals surface area (Å²) in [5.41, 5.74) is 12.9. The summed E-state index contributed by atoms with van der Waals surface area (Å²) < 4.78 is 5.32. The summed E-state index contributed by atoms with van der Waals surface area (Å²) in [4.78, 5) is 21.6. The molecule has 2 aromatic heterocycles. The summed E-state index contributed by atoms with van der Waals surface area (Å²) in [6, 6.07) is 4.03. The minimum absolute atomic E-state index is 0.0817. The van der Waals surface area contributed by atoms with E-state index in [-0.39, 0.29) is 5.78 Å². The molecule has 0 amide bonds. The van der Waals surface area contributed by atoms with E-state index in [1.165, 1.54) is 19.6 Å². The van der Waals surface area contributed by atoms with Gasteiger partial charge in [-0.25, -0.2) is 9.97 Å². The lowest BCUT2D eigenvalue weighted by Gasteiger charge is -2.17. The molecule has 2 aromatic rings. The molecule has 0 aliphatic heterocycles. The van der Waals surface area contributed by atoms with Crippen LogP contribution in [0.15, 0.2) is 18.3 Å². The number of carbonyl (C=O) groups excluding carboxylic acids is 1. The highest BCUT2D eigenvalue weighted by atomic mass is 16.5. The van der Waals surface area contributed by atoms with Crippen LogP contribution in [0.1, 0.15) is 67.0 Å². The Hall–Kier alpha value is -2.69. The number of nitrogens with zero attached hydrogens (tertiary/aromatic N) is 2. The number of nitrogens with two attached hydrogens (primary N) is 1. The van der Waals surface area contributed by atoms with Gasteiger partial charge in [-0.05, 0) is 62.6 Å². The van der Waals surface area contributed by atoms with E-state index in [9.17, 15) is 4.79 Å². The van der Waals surface area contributed by atoms with Crippen molar-refractivity contribution in [1.82, 2.24) is 9.97 Å². The number of aryl methyl sites for hydroxylation is 3. The number of hydrogen-bond donors (Lipinski definition) is 1. The van der Waals surface area contributed by atoms with Crippen molar-refractivity contribution in [3.8, 4) is 17.1 Å². The zero-order chi connectivity index (χ0) is 20.1. The largest absolute Gasteiger partial charge is 0.480 e. The quantitative estimate of drug-likeness (QED) is 0.729. The van der Waals surface area contributed by atoms with Gasteiger partial charge in [-0.3, -0.25) is 4.79 Å². The summed E-state index contributed by atoms with van der Waals surface area (Å²) in [5, 5.41) is 0. The molecule has 0 radical (unpaired) electrons. The fourth-order valence-corrected chi connectivity index (χ4v) is 3.24. The Kier molecular flexibility index (Phi) is 6.72. The van der Waals surface area contributed by atoms with Crippen molar-refractivity contribution in [3.05, 3.63) is 46.4 Å². The third kappa shape index (κ3) is 4.18. The molecule has 5 nitrogen and oxygen atoms in total. The van der Waals surface area contributed by atoms with Crippen molar-refractivity contribution >= 4 is 11.4 Å². The van der Waals surface area contributed by atoms with Gasteiger partial charge >= 0.3 is 0 Å². The number of pyridine rings is 2. The van der Waals surface area contributed by atoms with Crippen LogP contribution in [0.4, 0.5) is 0 Å². The van der Waals surface area contributed by atoms with Crippen molar-refractivity contribution in [2.75, 3.05) is 7.11 Å². The van der Waals surface area contributed by atoms with E-state index in [0.29, 0.717) is 17.9 Å². The molecule has 0 fully saturated rings. The van der Waals surface area contributed by atoms with Crippen LogP contribution in [-0.4, -0.2) is 22.9 Å². The van der Waals surface area contributed by atoms with E-state index < -0.39 is 0 Å². The van der Waals surface area contributed by atoms with Gasteiger partial charge in [-0.2, -0.15) is 0 Å². The van der Waals surface area contributed by atoms with Crippen molar-refractivity contribution in [3.63, 3.8) is 0 Å². The van der Waals surface area contributed by atoms with E-state index in [1.54, 1.807) is 6.20 Å². The lowest BCUT2D eigenvalue weighted by molar-refractivity contribution is 0.101.